The molecule has 9 N–H and O–H groups in total. The number of aliphatic hydroxyl groups is 1. The van der Waals surface area contributed by atoms with Crippen molar-refractivity contribution in [2.75, 3.05) is 12.0 Å². The summed E-state index contributed by atoms with van der Waals surface area (Å²) in [5.74, 6) is -4.19. The molecule has 0 saturated heterocycles. The average molecular weight is 512 g/mol. The van der Waals surface area contributed by atoms with Crippen molar-refractivity contribution < 1.29 is 34.2 Å². The highest BCUT2D eigenvalue weighted by molar-refractivity contribution is 7.98. The number of nitrogens with one attached hydrogen (secondary N) is 3. The van der Waals surface area contributed by atoms with Crippen LogP contribution < -0.4 is 27.4 Å². The maximum atomic E-state index is 13.1. The van der Waals surface area contributed by atoms with Crippen LogP contribution in [0.4, 0.5) is 0 Å². The van der Waals surface area contributed by atoms with Gasteiger partial charge in [0.25, 0.3) is 0 Å². The molecule has 1 rings (SSSR count). The quantitative estimate of drug-likeness (QED) is 0.140. The summed E-state index contributed by atoms with van der Waals surface area (Å²) in [6.07, 6.45) is 0.240. The van der Waals surface area contributed by atoms with Crippen LogP contribution in [0.25, 0.3) is 0 Å². The van der Waals surface area contributed by atoms with Gasteiger partial charge in [0, 0.05) is 6.42 Å². The molecule has 0 radical (unpaired) electrons. The molecule has 13 heteroatoms. The van der Waals surface area contributed by atoms with Crippen molar-refractivity contribution in [3.05, 3.63) is 35.9 Å². The lowest BCUT2D eigenvalue weighted by Crippen LogP contribution is -2.58. The van der Waals surface area contributed by atoms with Gasteiger partial charge in [0.15, 0.2) is 0 Å². The van der Waals surface area contributed by atoms with Crippen LogP contribution in [0, 0.1) is 0 Å². The Kier molecular flexibility index (Phi) is 12.8. The van der Waals surface area contributed by atoms with Crippen LogP contribution in [-0.4, -0.2) is 82.1 Å². The Morgan fingerprint density at radius 1 is 0.943 bits per heavy atom. The number of amides is 4. The standard InChI is InChI=1S/C22H33N5O7S/c1-12(28)18(24)21(32)26-15(10-13-6-4-3-5-7-13)20(31)25-14(8-9-35-2)19(30)27-16(22(33)34)11-17(23)29/h3-7,12,14-16,18,28H,8-11,24H2,1-2H3,(H2,23,29)(H,25,31)(H,26,32)(H,27,30)(H,33,34). The first-order valence-electron chi connectivity index (χ1n) is 10.8. The predicted octanol–water partition coefficient (Wildman–Crippen LogP) is -1.90. The van der Waals surface area contributed by atoms with E-state index in [0.29, 0.717) is 5.75 Å². The normalized spacial score (nSPS) is 15.1. The second-order valence-corrected chi connectivity index (χ2v) is 8.92. The molecular formula is C22H33N5O7S. The van der Waals surface area contributed by atoms with Gasteiger partial charge in [-0.2, -0.15) is 11.8 Å². The van der Waals surface area contributed by atoms with Gasteiger partial charge in [0.05, 0.1) is 12.5 Å². The van der Waals surface area contributed by atoms with E-state index in [-0.39, 0.29) is 12.8 Å². The fourth-order valence-electron chi connectivity index (χ4n) is 3.00. The molecule has 0 aliphatic carbocycles. The van der Waals surface area contributed by atoms with Crippen LogP contribution in [0.3, 0.4) is 0 Å². The summed E-state index contributed by atoms with van der Waals surface area (Å²) in [5.41, 5.74) is 11.5. The maximum Gasteiger partial charge on any atom is 0.326 e. The van der Waals surface area contributed by atoms with Gasteiger partial charge < -0.3 is 37.6 Å². The fraction of sp³-hybridized carbons (Fsp3) is 0.500. The Balaban J connectivity index is 3.09. The molecule has 12 nitrogen and oxygen atoms in total. The topological polar surface area (TPSA) is 214 Å². The molecule has 0 heterocycles. The number of carboxylic acid groups (broad SMARTS) is 1. The van der Waals surface area contributed by atoms with Crippen LogP contribution in [0.5, 0.6) is 0 Å². The number of carbonyl (C=O) groups is 5. The average Bonchev–Trinajstić information content (AvgIpc) is 2.80. The van der Waals surface area contributed by atoms with Gasteiger partial charge in [-0.1, -0.05) is 30.3 Å². The summed E-state index contributed by atoms with van der Waals surface area (Å²) < 4.78 is 0. The van der Waals surface area contributed by atoms with Crippen LogP contribution in [0.1, 0.15) is 25.3 Å². The number of rotatable bonds is 15. The highest BCUT2D eigenvalue weighted by Gasteiger charge is 2.31. The minimum atomic E-state index is -1.56. The molecule has 35 heavy (non-hydrogen) atoms. The summed E-state index contributed by atoms with van der Waals surface area (Å²) in [6, 6.07) is 3.68. The van der Waals surface area contributed by atoms with Crippen molar-refractivity contribution in [2.45, 2.75) is 56.5 Å². The fourth-order valence-corrected chi connectivity index (χ4v) is 3.47. The summed E-state index contributed by atoms with van der Waals surface area (Å²) in [4.78, 5) is 60.9. The first-order valence-corrected chi connectivity index (χ1v) is 12.2. The Bertz CT molecular complexity index is 884. The van der Waals surface area contributed by atoms with Gasteiger partial charge in [-0.25, -0.2) is 4.79 Å². The number of benzene rings is 1. The molecule has 194 valence electrons. The van der Waals surface area contributed by atoms with Crippen molar-refractivity contribution in [1.29, 1.82) is 0 Å². The van der Waals surface area contributed by atoms with E-state index in [4.69, 9.17) is 11.5 Å². The van der Waals surface area contributed by atoms with Gasteiger partial charge in [-0.15, -0.1) is 0 Å². The van der Waals surface area contributed by atoms with Crippen LogP contribution in [0.2, 0.25) is 0 Å². The number of primary amides is 1. The molecule has 0 fully saturated rings. The lowest BCUT2D eigenvalue weighted by atomic mass is 10.0. The zero-order valence-electron chi connectivity index (χ0n) is 19.6. The Hall–Kier alpha value is -3.16. The number of aliphatic carboxylic acids is 1. The van der Waals surface area contributed by atoms with E-state index in [1.54, 1.807) is 36.6 Å². The van der Waals surface area contributed by atoms with E-state index >= 15 is 0 Å². The molecule has 0 aromatic heterocycles. The largest absolute Gasteiger partial charge is 0.480 e. The Labute approximate surface area is 207 Å². The molecule has 5 atom stereocenters. The van der Waals surface area contributed by atoms with Crippen LogP contribution in [0.15, 0.2) is 30.3 Å². The first-order chi connectivity index (χ1) is 16.5. The third kappa shape index (κ3) is 10.8. The second kappa shape index (κ2) is 15.0. The number of carbonyl (C=O) groups excluding carboxylic acids is 4. The number of thioether (sulfide) groups is 1. The van der Waals surface area contributed by atoms with Gasteiger partial charge in [-0.3, -0.25) is 19.2 Å². The van der Waals surface area contributed by atoms with Crippen molar-refractivity contribution >= 4 is 41.4 Å². The lowest BCUT2D eigenvalue weighted by molar-refractivity contribution is -0.143. The smallest absolute Gasteiger partial charge is 0.326 e. The van der Waals surface area contributed by atoms with Crippen LogP contribution >= 0.6 is 11.8 Å². The minimum absolute atomic E-state index is 0.0707. The van der Waals surface area contributed by atoms with E-state index in [1.165, 1.54) is 18.7 Å². The van der Waals surface area contributed by atoms with Crippen molar-refractivity contribution in [3.63, 3.8) is 0 Å². The molecule has 1 aromatic rings. The predicted molar refractivity (Wildman–Crippen MR) is 130 cm³/mol. The second-order valence-electron chi connectivity index (χ2n) is 7.93. The number of hydrogen-bond acceptors (Lipinski definition) is 8. The van der Waals surface area contributed by atoms with E-state index in [0.717, 1.165) is 5.56 Å². The summed E-state index contributed by atoms with van der Waals surface area (Å²) in [6.45, 7) is 1.34. The molecule has 0 saturated carbocycles. The summed E-state index contributed by atoms with van der Waals surface area (Å²) in [7, 11) is 0. The molecule has 0 spiro atoms. The molecule has 1 aromatic carbocycles. The molecule has 0 aliphatic heterocycles. The molecule has 4 amide bonds. The summed E-state index contributed by atoms with van der Waals surface area (Å²) >= 11 is 1.40. The van der Waals surface area contributed by atoms with Gasteiger partial charge in [-0.05, 0) is 30.9 Å². The Morgan fingerprint density at radius 2 is 1.49 bits per heavy atom. The number of nitrogens with two attached hydrogens (primary N) is 2. The number of aliphatic hydroxyl groups excluding tert-OH is 1. The number of hydrogen-bond donors (Lipinski definition) is 7. The SMILES string of the molecule is CSCCC(NC(=O)C(Cc1ccccc1)NC(=O)C(N)C(C)O)C(=O)NC(CC(N)=O)C(=O)O. The number of carboxylic acids is 1. The van der Waals surface area contributed by atoms with Gasteiger partial charge in [0.2, 0.25) is 23.6 Å². The third-order valence-corrected chi connectivity index (χ3v) is 5.65. The van der Waals surface area contributed by atoms with E-state index in [2.05, 4.69) is 16.0 Å². The molecule has 5 unspecified atom stereocenters. The zero-order valence-corrected chi connectivity index (χ0v) is 20.4. The monoisotopic (exact) mass is 511 g/mol. The Morgan fingerprint density at radius 3 is 2.00 bits per heavy atom. The first kappa shape index (κ1) is 29.9. The molecular weight excluding hydrogens is 478 g/mol. The maximum absolute atomic E-state index is 13.1. The van der Waals surface area contributed by atoms with Crippen molar-refractivity contribution in [2.24, 2.45) is 11.5 Å². The van der Waals surface area contributed by atoms with Crippen molar-refractivity contribution in [3.8, 4) is 0 Å². The minimum Gasteiger partial charge on any atom is -0.480 e. The lowest BCUT2D eigenvalue weighted by Gasteiger charge is -2.25. The highest BCUT2D eigenvalue weighted by atomic mass is 32.2. The van der Waals surface area contributed by atoms with Gasteiger partial charge >= 0.3 is 5.97 Å². The van der Waals surface area contributed by atoms with Gasteiger partial charge in [0.1, 0.15) is 24.2 Å². The molecule has 0 bridgehead atoms. The zero-order chi connectivity index (χ0) is 26.5. The van der Waals surface area contributed by atoms with Crippen molar-refractivity contribution in [1.82, 2.24) is 16.0 Å². The van der Waals surface area contributed by atoms with E-state index < -0.39 is 66.3 Å². The van der Waals surface area contributed by atoms with E-state index in [9.17, 15) is 34.2 Å². The third-order valence-electron chi connectivity index (χ3n) is 5.00. The highest BCUT2D eigenvalue weighted by Crippen LogP contribution is 2.07. The van der Waals surface area contributed by atoms with E-state index in [1.807, 2.05) is 0 Å². The molecule has 0 aliphatic rings. The van der Waals surface area contributed by atoms with Crippen LogP contribution in [-0.2, 0) is 30.4 Å². The summed E-state index contributed by atoms with van der Waals surface area (Å²) in [5, 5.41) is 26.2.